The van der Waals surface area contributed by atoms with E-state index >= 15 is 0 Å². The number of hydrogen-bond donors (Lipinski definition) is 1. The van der Waals surface area contributed by atoms with E-state index < -0.39 is 0 Å². The molecule has 0 spiro atoms. The third-order valence-electron chi connectivity index (χ3n) is 3.66. The summed E-state index contributed by atoms with van der Waals surface area (Å²) in [4.78, 5) is 16.0. The number of rotatable bonds is 6. The molecule has 0 radical (unpaired) electrons. The number of carbonyl (C=O) groups excluding carboxylic acids is 1. The first-order valence-electron chi connectivity index (χ1n) is 7.58. The van der Waals surface area contributed by atoms with Crippen LogP contribution in [0.15, 0.2) is 24.3 Å². The number of amides is 2. The third kappa shape index (κ3) is 5.66. The van der Waals surface area contributed by atoms with Gasteiger partial charge in [-0.2, -0.15) is 0 Å². The van der Waals surface area contributed by atoms with Crippen molar-refractivity contribution in [3.8, 4) is 0 Å². The molecule has 0 aliphatic rings. The van der Waals surface area contributed by atoms with Crippen LogP contribution in [0.25, 0.3) is 0 Å². The number of hydrogen-bond acceptors (Lipinski definition) is 2. The SMILES string of the molecule is CC(C)CC(C)N(C)C(=O)NCc1cccc(N(C)C)c1. The van der Waals surface area contributed by atoms with Gasteiger partial charge in [-0.3, -0.25) is 0 Å². The maximum absolute atomic E-state index is 12.2. The van der Waals surface area contributed by atoms with Gasteiger partial charge in [0.25, 0.3) is 0 Å². The zero-order valence-corrected chi connectivity index (χ0v) is 14.2. The number of nitrogens with zero attached hydrogens (tertiary/aromatic N) is 2. The van der Waals surface area contributed by atoms with Crippen LogP contribution in [-0.2, 0) is 6.54 Å². The van der Waals surface area contributed by atoms with Crippen LogP contribution in [0.2, 0.25) is 0 Å². The molecule has 21 heavy (non-hydrogen) atoms. The Hall–Kier alpha value is -1.71. The summed E-state index contributed by atoms with van der Waals surface area (Å²) >= 11 is 0. The molecule has 0 aromatic heterocycles. The van der Waals surface area contributed by atoms with Crippen molar-refractivity contribution in [1.82, 2.24) is 10.2 Å². The molecule has 0 aliphatic heterocycles. The van der Waals surface area contributed by atoms with Gasteiger partial charge in [0.05, 0.1) is 0 Å². The normalized spacial score (nSPS) is 12.1. The lowest BCUT2D eigenvalue weighted by Gasteiger charge is -2.26. The molecule has 1 rings (SSSR count). The summed E-state index contributed by atoms with van der Waals surface area (Å²) in [5.41, 5.74) is 2.25. The van der Waals surface area contributed by atoms with Gasteiger partial charge in [-0.25, -0.2) is 4.79 Å². The highest BCUT2D eigenvalue weighted by Gasteiger charge is 2.16. The minimum atomic E-state index is -0.0154. The molecule has 4 nitrogen and oxygen atoms in total. The fraction of sp³-hybridized carbons (Fsp3) is 0.588. The van der Waals surface area contributed by atoms with Gasteiger partial charge >= 0.3 is 6.03 Å². The summed E-state index contributed by atoms with van der Waals surface area (Å²) in [6.45, 7) is 7.00. The van der Waals surface area contributed by atoms with Crippen LogP contribution < -0.4 is 10.2 Å². The van der Waals surface area contributed by atoms with Crippen molar-refractivity contribution >= 4 is 11.7 Å². The van der Waals surface area contributed by atoms with Crippen LogP contribution in [0.3, 0.4) is 0 Å². The number of benzene rings is 1. The van der Waals surface area contributed by atoms with Gasteiger partial charge in [0.2, 0.25) is 0 Å². The zero-order chi connectivity index (χ0) is 16.0. The maximum atomic E-state index is 12.2. The van der Waals surface area contributed by atoms with Gasteiger partial charge in [0.15, 0.2) is 0 Å². The smallest absolute Gasteiger partial charge is 0.317 e. The summed E-state index contributed by atoms with van der Waals surface area (Å²) in [6.07, 6.45) is 1.01. The van der Waals surface area contributed by atoms with Crippen molar-refractivity contribution in [1.29, 1.82) is 0 Å². The van der Waals surface area contributed by atoms with Crippen molar-refractivity contribution in [2.24, 2.45) is 5.92 Å². The average Bonchev–Trinajstić information content (AvgIpc) is 2.43. The fourth-order valence-electron chi connectivity index (χ4n) is 2.29. The van der Waals surface area contributed by atoms with Crippen LogP contribution in [0, 0.1) is 5.92 Å². The summed E-state index contributed by atoms with van der Waals surface area (Å²) in [5, 5.41) is 2.99. The number of urea groups is 1. The lowest BCUT2D eigenvalue weighted by molar-refractivity contribution is 0.186. The van der Waals surface area contributed by atoms with E-state index in [9.17, 15) is 4.79 Å². The molecule has 1 aromatic carbocycles. The molecule has 0 saturated heterocycles. The second-order valence-corrected chi connectivity index (χ2v) is 6.31. The molecule has 1 atom stereocenters. The van der Waals surface area contributed by atoms with E-state index in [-0.39, 0.29) is 12.1 Å². The first kappa shape index (κ1) is 17.3. The molecule has 2 amide bonds. The fourth-order valence-corrected chi connectivity index (χ4v) is 2.29. The Morgan fingerprint density at radius 3 is 2.43 bits per heavy atom. The largest absolute Gasteiger partial charge is 0.378 e. The van der Waals surface area contributed by atoms with E-state index in [2.05, 4.69) is 43.1 Å². The molecule has 1 aromatic rings. The van der Waals surface area contributed by atoms with E-state index in [0.29, 0.717) is 12.5 Å². The summed E-state index contributed by atoms with van der Waals surface area (Å²) in [5.74, 6) is 0.590. The Morgan fingerprint density at radius 2 is 1.86 bits per heavy atom. The predicted octanol–water partition coefficient (Wildman–Crippen LogP) is 3.33. The van der Waals surface area contributed by atoms with E-state index in [1.54, 1.807) is 4.90 Å². The van der Waals surface area contributed by atoms with E-state index in [1.807, 2.05) is 33.3 Å². The van der Waals surface area contributed by atoms with Crippen LogP contribution in [0.5, 0.6) is 0 Å². The third-order valence-corrected chi connectivity index (χ3v) is 3.66. The van der Waals surface area contributed by atoms with Crippen molar-refractivity contribution in [3.63, 3.8) is 0 Å². The quantitative estimate of drug-likeness (QED) is 0.872. The van der Waals surface area contributed by atoms with Crippen LogP contribution in [-0.4, -0.2) is 38.1 Å². The molecule has 0 fully saturated rings. The minimum Gasteiger partial charge on any atom is -0.378 e. The second-order valence-electron chi connectivity index (χ2n) is 6.31. The van der Waals surface area contributed by atoms with Gasteiger partial charge in [-0.1, -0.05) is 26.0 Å². The van der Waals surface area contributed by atoms with Crippen molar-refractivity contribution in [2.45, 2.75) is 39.8 Å². The Labute approximate surface area is 129 Å². The lowest BCUT2D eigenvalue weighted by atomic mass is 10.0. The second kappa shape index (κ2) is 7.91. The molecular weight excluding hydrogens is 262 g/mol. The van der Waals surface area contributed by atoms with Crippen LogP contribution in [0.1, 0.15) is 32.8 Å². The van der Waals surface area contributed by atoms with Crippen molar-refractivity contribution < 1.29 is 4.79 Å². The highest BCUT2D eigenvalue weighted by molar-refractivity contribution is 5.74. The average molecular weight is 291 g/mol. The minimum absolute atomic E-state index is 0.0154. The maximum Gasteiger partial charge on any atom is 0.317 e. The topological polar surface area (TPSA) is 35.6 Å². The molecule has 0 heterocycles. The first-order valence-corrected chi connectivity index (χ1v) is 7.58. The molecule has 1 unspecified atom stereocenters. The van der Waals surface area contributed by atoms with Crippen LogP contribution >= 0.6 is 0 Å². The molecule has 1 N–H and O–H groups in total. The predicted molar refractivity (Wildman–Crippen MR) is 89.7 cm³/mol. The lowest BCUT2D eigenvalue weighted by Crippen LogP contribution is -2.42. The molecule has 0 bridgehead atoms. The highest BCUT2D eigenvalue weighted by atomic mass is 16.2. The van der Waals surface area contributed by atoms with Gasteiger partial charge in [0.1, 0.15) is 0 Å². The Bertz CT molecular complexity index is 457. The van der Waals surface area contributed by atoms with Crippen molar-refractivity contribution in [2.75, 3.05) is 26.0 Å². The summed E-state index contributed by atoms with van der Waals surface area (Å²) in [6, 6.07) is 8.43. The van der Waals surface area contributed by atoms with Crippen LogP contribution in [0.4, 0.5) is 10.5 Å². The standard InChI is InChI=1S/C17H29N3O/c1-13(2)10-14(3)20(6)17(21)18-12-15-8-7-9-16(11-15)19(4)5/h7-9,11,13-14H,10,12H2,1-6H3,(H,18,21). The number of anilines is 1. The van der Waals surface area contributed by atoms with E-state index in [1.165, 1.54) is 0 Å². The Kier molecular flexibility index (Phi) is 6.53. The van der Waals surface area contributed by atoms with Gasteiger partial charge in [-0.15, -0.1) is 0 Å². The monoisotopic (exact) mass is 291 g/mol. The van der Waals surface area contributed by atoms with Gasteiger partial charge in [0, 0.05) is 39.4 Å². The number of carbonyl (C=O) groups is 1. The van der Waals surface area contributed by atoms with Gasteiger partial charge < -0.3 is 15.1 Å². The molecule has 0 aliphatic carbocycles. The summed E-state index contributed by atoms with van der Waals surface area (Å²) in [7, 11) is 5.89. The summed E-state index contributed by atoms with van der Waals surface area (Å²) < 4.78 is 0. The van der Waals surface area contributed by atoms with E-state index in [0.717, 1.165) is 17.7 Å². The first-order chi connectivity index (χ1) is 9.81. The molecule has 118 valence electrons. The molecular formula is C17H29N3O. The van der Waals surface area contributed by atoms with Gasteiger partial charge in [-0.05, 0) is 37.0 Å². The van der Waals surface area contributed by atoms with E-state index in [4.69, 9.17) is 0 Å². The Morgan fingerprint density at radius 1 is 1.19 bits per heavy atom. The van der Waals surface area contributed by atoms with Crippen molar-refractivity contribution in [3.05, 3.63) is 29.8 Å². The Balaban J connectivity index is 2.54. The molecule has 4 heteroatoms. The number of nitrogens with one attached hydrogen (secondary N) is 1. The zero-order valence-electron chi connectivity index (χ0n) is 14.2. The highest BCUT2D eigenvalue weighted by Crippen LogP contribution is 2.13. The molecule has 0 saturated carbocycles.